The van der Waals surface area contributed by atoms with Gasteiger partial charge in [-0.05, 0) is 31.5 Å². The minimum absolute atomic E-state index is 0.0230. The minimum atomic E-state index is -0.267. The molecular formula is C23H28N4O3. The molecule has 2 aliphatic rings. The van der Waals surface area contributed by atoms with Gasteiger partial charge in [-0.25, -0.2) is 0 Å². The van der Waals surface area contributed by atoms with Gasteiger partial charge in [0.25, 0.3) is 11.5 Å². The van der Waals surface area contributed by atoms with E-state index in [2.05, 4.69) is 11.9 Å². The molecule has 3 heterocycles. The number of likely N-dealkylation sites (N-methyl/N-ethyl adjacent to an activating group) is 1. The van der Waals surface area contributed by atoms with Gasteiger partial charge in [-0.3, -0.25) is 14.4 Å². The molecule has 0 bridgehead atoms. The van der Waals surface area contributed by atoms with Crippen LogP contribution < -0.4 is 5.56 Å². The summed E-state index contributed by atoms with van der Waals surface area (Å²) in [4.78, 5) is 44.1. The van der Waals surface area contributed by atoms with Crippen molar-refractivity contribution in [1.82, 2.24) is 19.3 Å². The summed E-state index contributed by atoms with van der Waals surface area (Å²) >= 11 is 0. The van der Waals surface area contributed by atoms with Crippen LogP contribution in [0.2, 0.25) is 0 Å². The molecule has 2 fully saturated rings. The highest BCUT2D eigenvalue weighted by molar-refractivity contribution is 5.94. The zero-order valence-electron chi connectivity index (χ0n) is 17.4. The highest BCUT2D eigenvalue weighted by Gasteiger charge is 2.31. The first-order valence-electron chi connectivity index (χ1n) is 10.6. The number of likely N-dealkylation sites (tertiary alicyclic amines) is 1. The standard InChI is InChI=1S/C23H28N4O3/c1-24-13-14-27(20(16-24)18-7-3-2-4-8-18)23(30)19-9-10-21(28)26(15-19)17-22(29)25-11-5-6-12-25/h2-4,7-10,15,20H,5-6,11-14,16-17H2,1H3. The van der Waals surface area contributed by atoms with E-state index >= 15 is 0 Å². The fraction of sp³-hybridized carbons (Fsp3) is 0.435. The van der Waals surface area contributed by atoms with E-state index in [-0.39, 0.29) is 30.0 Å². The van der Waals surface area contributed by atoms with Crippen molar-refractivity contribution in [3.63, 3.8) is 0 Å². The maximum Gasteiger partial charge on any atom is 0.255 e. The predicted octanol–water partition coefficient (Wildman–Crippen LogP) is 1.60. The number of benzene rings is 1. The first-order chi connectivity index (χ1) is 14.5. The number of nitrogens with zero attached hydrogens (tertiary/aromatic N) is 4. The highest BCUT2D eigenvalue weighted by atomic mass is 16.2. The van der Waals surface area contributed by atoms with Crippen LogP contribution in [0.1, 0.15) is 34.8 Å². The Balaban J connectivity index is 1.57. The van der Waals surface area contributed by atoms with Crippen LogP contribution in [0, 0.1) is 0 Å². The van der Waals surface area contributed by atoms with E-state index in [1.165, 1.54) is 10.6 Å². The maximum atomic E-state index is 13.4. The van der Waals surface area contributed by atoms with Gasteiger partial charge in [0.15, 0.2) is 0 Å². The zero-order chi connectivity index (χ0) is 21.1. The molecule has 7 nitrogen and oxygen atoms in total. The number of hydrogen-bond acceptors (Lipinski definition) is 4. The molecule has 158 valence electrons. The molecule has 0 N–H and O–H groups in total. The summed E-state index contributed by atoms with van der Waals surface area (Å²) in [6.07, 6.45) is 3.55. The number of aromatic nitrogens is 1. The van der Waals surface area contributed by atoms with E-state index in [0.29, 0.717) is 12.1 Å². The summed E-state index contributed by atoms with van der Waals surface area (Å²) in [6.45, 7) is 3.62. The van der Waals surface area contributed by atoms with E-state index in [0.717, 1.165) is 44.6 Å². The Kier molecular flexibility index (Phi) is 5.99. The van der Waals surface area contributed by atoms with Crippen LogP contribution >= 0.6 is 0 Å². The Hall–Kier alpha value is -2.93. The van der Waals surface area contributed by atoms with Crippen LogP contribution in [0.3, 0.4) is 0 Å². The molecule has 2 aromatic rings. The first kappa shape index (κ1) is 20.3. The average Bonchev–Trinajstić information content (AvgIpc) is 3.30. The number of hydrogen-bond donors (Lipinski definition) is 0. The van der Waals surface area contributed by atoms with Crippen LogP contribution in [-0.4, -0.2) is 70.9 Å². The molecule has 1 aromatic heterocycles. The number of amides is 2. The van der Waals surface area contributed by atoms with Crippen molar-refractivity contribution < 1.29 is 9.59 Å². The summed E-state index contributed by atoms with van der Waals surface area (Å²) in [5.74, 6) is -0.180. The Morgan fingerprint density at radius 2 is 1.70 bits per heavy atom. The third-order valence-corrected chi connectivity index (χ3v) is 6.02. The number of carbonyl (C=O) groups excluding carboxylic acids is 2. The van der Waals surface area contributed by atoms with E-state index in [1.54, 1.807) is 17.2 Å². The first-order valence-corrected chi connectivity index (χ1v) is 10.6. The van der Waals surface area contributed by atoms with Crippen LogP contribution in [0.4, 0.5) is 0 Å². The summed E-state index contributed by atoms with van der Waals surface area (Å²) in [5.41, 5.74) is 1.27. The molecule has 2 aliphatic heterocycles. The minimum Gasteiger partial charge on any atom is -0.341 e. The third-order valence-electron chi connectivity index (χ3n) is 6.02. The molecule has 7 heteroatoms. The number of piperazine rings is 1. The van der Waals surface area contributed by atoms with Crippen LogP contribution in [0.5, 0.6) is 0 Å². The second-order valence-electron chi connectivity index (χ2n) is 8.16. The van der Waals surface area contributed by atoms with Crippen molar-refractivity contribution in [2.75, 3.05) is 39.8 Å². The smallest absolute Gasteiger partial charge is 0.255 e. The molecule has 30 heavy (non-hydrogen) atoms. The highest BCUT2D eigenvalue weighted by Crippen LogP contribution is 2.26. The number of pyridine rings is 1. The summed E-state index contributed by atoms with van der Waals surface area (Å²) < 4.78 is 1.36. The summed E-state index contributed by atoms with van der Waals surface area (Å²) in [6, 6.07) is 12.9. The van der Waals surface area contributed by atoms with Crippen LogP contribution in [-0.2, 0) is 11.3 Å². The Morgan fingerprint density at radius 1 is 0.967 bits per heavy atom. The van der Waals surface area contributed by atoms with Crippen LogP contribution in [0.25, 0.3) is 0 Å². The summed E-state index contributed by atoms with van der Waals surface area (Å²) in [5, 5.41) is 0. The largest absolute Gasteiger partial charge is 0.341 e. The van der Waals surface area contributed by atoms with Gasteiger partial charge in [0.05, 0.1) is 11.6 Å². The predicted molar refractivity (Wildman–Crippen MR) is 114 cm³/mol. The monoisotopic (exact) mass is 408 g/mol. The fourth-order valence-electron chi connectivity index (χ4n) is 4.28. The second kappa shape index (κ2) is 8.83. The van der Waals surface area contributed by atoms with Gasteiger partial charge in [-0.15, -0.1) is 0 Å². The molecular weight excluding hydrogens is 380 g/mol. The lowest BCUT2D eigenvalue weighted by Gasteiger charge is -2.40. The molecule has 1 aromatic carbocycles. The molecule has 2 amide bonds. The molecule has 1 unspecified atom stereocenters. The lowest BCUT2D eigenvalue weighted by Crippen LogP contribution is -2.49. The number of carbonyl (C=O) groups is 2. The zero-order valence-corrected chi connectivity index (χ0v) is 17.4. The van der Waals surface area contributed by atoms with Crippen molar-refractivity contribution in [3.8, 4) is 0 Å². The Labute approximate surface area is 176 Å². The van der Waals surface area contributed by atoms with Gasteiger partial charge in [0, 0.05) is 45.0 Å². The number of rotatable bonds is 4. The van der Waals surface area contributed by atoms with Gasteiger partial charge < -0.3 is 19.3 Å². The van der Waals surface area contributed by atoms with E-state index < -0.39 is 0 Å². The SMILES string of the molecule is CN1CCN(C(=O)c2ccc(=O)n(CC(=O)N3CCCC3)c2)C(c2ccccc2)C1. The lowest BCUT2D eigenvalue weighted by molar-refractivity contribution is -0.130. The normalized spacial score (nSPS) is 19.8. The molecule has 0 spiro atoms. The lowest BCUT2D eigenvalue weighted by atomic mass is 10.0. The van der Waals surface area contributed by atoms with Crippen molar-refractivity contribution >= 4 is 11.8 Å². The molecule has 0 aliphatic carbocycles. The van der Waals surface area contributed by atoms with Gasteiger partial charge in [-0.2, -0.15) is 0 Å². The Bertz CT molecular complexity index is 966. The van der Waals surface area contributed by atoms with Crippen LogP contribution in [0.15, 0.2) is 53.5 Å². The Morgan fingerprint density at radius 3 is 2.43 bits per heavy atom. The molecule has 0 saturated carbocycles. The van der Waals surface area contributed by atoms with E-state index in [4.69, 9.17) is 0 Å². The van der Waals surface area contributed by atoms with Crippen molar-refractivity contribution in [3.05, 3.63) is 70.1 Å². The van der Waals surface area contributed by atoms with Gasteiger partial charge in [0.2, 0.25) is 5.91 Å². The summed E-state index contributed by atoms with van der Waals surface area (Å²) in [7, 11) is 2.06. The van der Waals surface area contributed by atoms with Gasteiger partial charge >= 0.3 is 0 Å². The van der Waals surface area contributed by atoms with Crippen molar-refractivity contribution in [2.45, 2.75) is 25.4 Å². The fourth-order valence-corrected chi connectivity index (χ4v) is 4.28. The third kappa shape index (κ3) is 4.31. The average molecular weight is 409 g/mol. The topological polar surface area (TPSA) is 65.9 Å². The second-order valence-corrected chi connectivity index (χ2v) is 8.16. The molecule has 4 rings (SSSR count). The molecule has 2 saturated heterocycles. The quantitative estimate of drug-likeness (QED) is 0.771. The molecule has 0 radical (unpaired) electrons. The van der Waals surface area contributed by atoms with Gasteiger partial charge in [-0.1, -0.05) is 30.3 Å². The van der Waals surface area contributed by atoms with E-state index in [9.17, 15) is 14.4 Å². The van der Waals surface area contributed by atoms with Gasteiger partial charge in [0.1, 0.15) is 6.54 Å². The molecule has 1 atom stereocenters. The van der Waals surface area contributed by atoms with Crippen molar-refractivity contribution in [1.29, 1.82) is 0 Å². The maximum absolute atomic E-state index is 13.4. The van der Waals surface area contributed by atoms with E-state index in [1.807, 2.05) is 35.2 Å². The van der Waals surface area contributed by atoms with Crippen molar-refractivity contribution in [2.24, 2.45) is 0 Å².